The van der Waals surface area contributed by atoms with Crippen LogP contribution >= 0.6 is 0 Å². The zero-order valence-electron chi connectivity index (χ0n) is 13.8. The van der Waals surface area contributed by atoms with Crippen LogP contribution in [0.2, 0.25) is 0 Å². The highest BCUT2D eigenvalue weighted by molar-refractivity contribution is 5.73. The molecule has 2 aromatic rings. The van der Waals surface area contributed by atoms with E-state index in [1.54, 1.807) is 0 Å². The van der Waals surface area contributed by atoms with Gasteiger partial charge in [-0.3, -0.25) is 4.90 Å². The molecule has 1 aliphatic carbocycles. The molecule has 0 bridgehead atoms. The normalized spacial score (nSPS) is 23.0. The lowest BCUT2D eigenvalue weighted by Crippen LogP contribution is -2.52. The van der Waals surface area contributed by atoms with Crippen molar-refractivity contribution in [1.82, 2.24) is 4.90 Å². The third kappa shape index (κ3) is 2.89. The standard InChI is InChI=1S/C20H23NO3/c1-21(12-15-7-3-2-4-8-15)19-11-16(13-22)17-9-5-6-10-18(17)20(19,24)14-23/h2-11,19,22-24H,12-14H2,1H3/t19-,20-/m1/s1. The van der Waals surface area contributed by atoms with Gasteiger partial charge in [0, 0.05) is 6.54 Å². The zero-order valence-corrected chi connectivity index (χ0v) is 13.8. The average molecular weight is 325 g/mol. The fourth-order valence-electron chi connectivity index (χ4n) is 3.50. The van der Waals surface area contributed by atoms with E-state index in [-0.39, 0.29) is 13.2 Å². The van der Waals surface area contributed by atoms with E-state index in [0.717, 1.165) is 16.7 Å². The van der Waals surface area contributed by atoms with Crippen molar-refractivity contribution in [3.8, 4) is 0 Å². The van der Waals surface area contributed by atoms with Crippen LogP contribution in [0, 0.1) is 0 Å². The molecule has 24 heavy (non-hydrogen) atoms. The fraction of sp³-hybridized carbons (Fsp3) is 0.300. The molecule has 2 atom stereocenters. The highest BCUT2D eigenvalue weighted by Crippen LogP contribution is 2.39. The summed E-state index contributed by atoms with van der Waals surface area (Å²) in [5.74, 6) is 0. The van der Waals surface area contributed by atoms with Crippen molar-refractivity contribution in [3.05, 3.63) is 77.4 Å². The molecule has 3 rings (SSSR count). The second-order valence-electron chi connectivity index (χ2n) is 6.32. The maximum Gasteiger partial charge on any atom is 0.132 e. The zero-order chi connectivity index (χ0) is 17.2. The van der Waals surface area contributed by atoms with Gasteiger partial charge in [-0.05, 0) is 29.3 Å². The van der Waals surface area contributed by atoms with E-state index in [4.69, 9.17) is 0 Å². The van der Waals surface area contributed by atoms with Crippen LogP contribution in [-0.4, -0.2) is 46.5 Å². The highest BCUT2D eigenvalue weighted by Gasteiger charge is 2.43. The molecule has 2 aromatic carbocycles. The predicted molar refractivity (Wildman–Crippen MR) is 94.2 cm³/mol. The van der Waals surface area contributed by atoms with Crippen molar-refractivity contribution in [2.75, 3.05) is 20.3 Å². The topological polar surface area (TPSA) is 63.9 Å². The van der Waals surface area contributed by atoms with Crippen LogP contribution in [0.1, 0.15) is 16.7 Å². The van der Waals surface area contributed by atoms with E-state index in [1.807, 2.05) is 72.6 Å². The summed E-state index contributed by atoms with van der Waals surface area (Å²) in [7, 11) is 1.91. The lowest BCUT2D eigenvalue weighted by molar-refractivity contribution is -0.0700. The van der Waals surface area contributed by atoms with E-state index < -0.39 is 11.6 Å². The number of aliphatic hydroxyl groups excluding tert-OH is 2. The fourth-order valence-corrected chi connectivity index (χ4v) is 3.50. The summed E-state index contributed by atoms with van der Waals surface area (Å²) in [6.45, 7) is 0.141. The van der Waals surface area contributed by atoms with Crippen molar-refractivity contribution in [2.24, 2.45) is 0 Å². The predicted octanol–water partition coefficient (Wildman–Crippen LogP) is 1.76. The van der Waals surface area contributed by atoms with Gasteiger partial charge in [0.2, 0.25) is 0 Å². The first-order chi connectivity index (χ1) is 11.6. The Labute approximate surface area is 142 Å². The number of nitrogens with zero attached hydrogens (tertiary/aromatic N) is 1. The number of fused-ring (bicyclic) bond motifs is 1. The first kappa shape index (κ1) is 16.9. The number of aliphatic hydroxyl groups is 3. The number of rotatable bonds is 5. The Morgan fingerprint density at radius 1 is 1.00 bits per heavy atom. The summed E-state index contributed by atoms with van der Waals surface area (Å²) < 4.78 is 0. The molecule has 0 heterocycles. The SMILES string of the molecule is CN(Cc1ccccc1)[C@@H]1C=C(CO)c2ccccc2[C@]1(O)CO. The Bertz CT molecular complexity index is 729. The monoisotopic (exact) mass is 325 g/mol. The summed E-state index contributed by atoms with van der Waals surface area (Å²) in [6.07, 6.45) is 1.86. The minimum absolute atomic E-state index is 0.103. The Kier molecular flexibility index (Phi) is 4.83. The third-order valence-electron chi connectivity index (χ3n) is 4.75. The van der Waals surface area contributed by atoms with Gasteiger partial charge in [-0.15, -0.1) is 0 Å². The number of hydrogen-bond acceptors (Lipinski definition) is 4. The van der Waals surface area contributed by atoms with E-state index >= 15 is 0 Å². The molecule has 0 amide bonds. The van der Waals surface area contributed by atoms with E-state index in [2.05, 4.69) is 0 Å². The second-order valence-corrected chi connectivity index (χ2v) is 6.32. The maximum atomic E-state index is 11.2. The van der Waals surface area contributed by atoms with Crippen molar-refractivity contribution in [2.45, 2.75) is 18.2 Å². The van der Waals surface area contributed by atoms with Crippen LogP contribution in [0.3, 0.4) is 0 Å². The van der Waals surface area contributed by atoms with Gasteiger partial charge in [0.1, 0.15) is 5.60 Å². The number of hydrogen-bond donors (Lipinski definition) is 3. The van der Waals surface area contributed by atoms with Gasteiger partial charge < -0.3 is 15.3 Å². The third-order valence-corrected chi connectivity index (χ3v) is 4.75. The molecule has 4 heteroatoms. The lowest BCUT2D eigenvalue weighted by Gasteiger charge is -2.43. The molecule has 4 nitrogen and oxygen atoms in total. The minimum atomic E-state index is -1.40. The van der Waals surface area contributed by atoms with Crippen LogP contribution in [0.15, 0.2) is 60.7 Å². The van der Waals surface area contributed by atoms with E-state index in [1.165, 1.54) is 0 Å². The largest absolute Gasteiger partial charge is 0.393 e. The molecule has 3 N–H and O–H groups in total. The average Bonchev–Trinajstić information content (AvgIpc) is 2.63. The van der Waals surface area contributed by atoms with Crippen LogP contribution in [0.25, 0.3) is 5.57 Å². The van der Waals surface area contributed by atoms with Crippen molar-refractivity contribution < 1.29 is 15.3 Å². The van der Waals surface area contributed by atoms with E-state index in [0.29, 0.717) is 12.1 Å². The van der Waals surface area contributed by atoms with Gasteiger partial charge in [-0.2, -0.15) is 0 Å². The summed E-state index contributed by atoms with van der Waals surface area (Å²) in [5, 5.41) is 30.9. The summed E-state index contributed by atoms with van der Waals surface area (Å²) in [6, 6.07) is 16.9. The molecule has 0 spiro atoms. The van der Waals surface area contributed by atoms with Gasteiger partial charge in [0.05, 0.1) is 19.3 Å². The van der Waals surface area contributed by atoms with Gasteiger partial charge in [0.25, 0.3) is 0 Å². The Morgan fingerprint density at radius 2 is 1.67 bits per heavy atom. The van der Waals surface area contributed by atoms with Crippen LogP contribution in [0.4, 0.5) is 0 Å². The van der Waals surface area contributed by atoms with Gasteiger partial charge in [-0.25, -0.2) is 0 Å². The smallest absolute Gasteiger partial charge is 0.132 e. The van der Waals surface area contributed by atoms with Gasteiger partial charge in [-0.1, -0.05) is 60.7 Å². The quantitative estimate of drug-likeness (QED) is 0.784. The Balaban J connectivity index is 2.00. The number of benzene rings is 2. The first-order valence-corrected chi connectivity index (χ1v) is 8.09. The van der Waals surface area contributed by atoms with Crippen molar-refractivity contribution in [1.29, 1.82) is 0 Å². The Hall–Kier alpha value is -1.98. The molecule has 0 unspecified atom stereocenters. The molecule has 0 fully saturated rings. The molecular formula is C20H23NO3. The summed E-state index contributed by atoms with van der Waals surface area (Å²) in [5.41, 5.74) is 1.94. The first-order valence-electron chi connectivity index (χ1n) is 8.09. The molecule has 0 saturated carbocycles. The molecular weight excluding hydrogens is 302 g/mol. The second kappa shape index (κ2) is 6.87. The number of likely N-dealkylation sites (N-methyl/N-ethyl adjacent to an activating group) is 1. The molecule has 126 valence electrons. The summed E-state index contributed by atoms with van der Waals surface area (Å²) in [4.78, 5) is 2.00. The van der Waals surface area contributed by atoms with Crippen LogP contribution < -0.4 is 0 Å². The highest BCUT2D eigenvalue weighted by atomic mass is 16.3. The molecule has 0 aromatic heterocycles. The molecule has 0 aliphatic heterocycles. The molecule has 0 radical (unpaired) electrons. The maximum absolute atomic E-state index is 11.2. The van der Waals surface area contributed by atoms with E-state index in [9.17, 15) is 15.3 Å². The Morgan fingerprint density at radius 3 is 2.33 bits per heavy atom. The van der Waals surface area contributed by atoms with Crippen molar-refractivity contribution >= 4 is 5.57 Å². The van der Waals surface area contributed by atoms with Gasteiger partial charge >= 0.3 is 0 Å². The lowest BCUT2D eigenvalue weighted by atomic mass is 9.76. The van der Waals surface area contributed by atoms with Gasteiger partial charge in [0.15, 0.2) is 0 Å². The molecule has 1 aliphatic rings. The van der Waals surface area contributed by atoms with Crippen LogP contribution in [-0.2, 0) is 12.1 Å². The van der Waals surface area contributed by atoms with Crippen molar-refractivity contribution in [3.63, 3.8) is 0 Å². The summed E-state index contributed by atoms with van der Waals surface area (Å²) >= 11 is 0. The minimum Gasteiger partial charge on any atom is -0.393 e. The van der Waals surface area contributed by atoms with Crippen LogP contribution in [0.5, 0.6) is 0 Å². The molecule has 0 saturated heterocycles.